The van der Waals surface area contributed by atoms with Gasteiger partial charge in [0.15, 0.2) is 12.0 Å². The number of hydrogen-bond acceptors (Lipinski definition) is 2. The Labute approximate surface area is 96.0 Å². The molecule has 3 heteroatoms. The van der Waals surface area contributed by atoms with Crippen LogP contribution in [0.3, 0.4) is 0 Å². The van der Waals surface area contributed by atoms with Crippen LogP contribution >= 0.6 is 15.9 Å². The third kappa shape index (κ3) is 1.88. The van der Waals surface area contributed by atoms with Crippen LogP contribution in [-0.4, -0.2) is 6.29 Å². The van der Waals surface area contributed by atoms with E-state index in [9.17, 15) is 4.79 Å². The molecule has 76 valence electrons. The van der Waals surface area contributed by atoms with Crippen LogP contribution in [-0.2, 0) is 0 Å². The van der Waals surface area contributed by atoms with E-state index in [1.807, 2.05) is 25.1 Å². The highest BCUT2D eigenvalue weighted by molar-refractivity contribution is 9.10. The molecule has 0 aliphatic carbocycles. The smallest absolute Gasteiger partial charge is 0.185 e. The molecule has 0 radical (unpaired) electrons. The third-order valence-corrected chi connectivity index (χ3v) is 3.25. The van der Waals surface area contributed by atoms with Crippen molar-refractivity contribution in [2.45, 2.75) is 6.92 Å². The summed E-state index contributed by atoms with van der Waals surface area (Å²) in [5, 5.41) is 0. The quantitative estimate of drug-likeness (QED) is 0.772. The minimum Gasteiger partial charge on any atom is -0.453 e. The number of rotatable bonds is 2. The molecule has 0 aliphatic rings. The van der Waals surface area contributed by atoms with Crippen LogP contribution in [0, 0.1) is 6.92 Å². The number of hydrogen-bond donors (Lipinski definition) is 0. The third-order valence-electron chi connectivity index (χ3n) is 2.20. The molecular weight excluding hydrogens is 256 g/mol. The molecule has 2 aromatic rings. The number of furan rings is 1. The van der Waals surface area contributed by atoms with E-state index in [4.69, 9.17) is 4.42 Å². The molecule has 0 spiro atoms. The van der Waals surface area contributed by atoms with E-state index in [0.29, 0.717) is 17.8 Å². The summed E-state index contributed by atoms with van der Waals surface area (Å²) in [7, 11) is 0. The van der Waals surface area contributed by atoms with Gasteiger partial charge >= 0.3 is 0 Å². The molecule has 2 nitrogen and oxygen atoms in total. The van der Waals surface area contributed by atoms with E-state index in [0.717, 1.165) is 15.6 Å². The summed E-state index contributed by atoms with van der Waals surface area (Å²) in [5.41, 5.74) is 2.10. The summed E-state index contributed by atoms with van der Waals surface area (Å²) in [6.07, 6.45) is 0.702. The van der Waals surface area contributed by atoms with Crippen LogP contribution < -0.4 is 0 Å². The highest BCUT2D eigenvalue weighted by atomic mass is 79.9. The molecule has 15 heavy (non-hydrogen) atoms. The van der Waals surface area contributed by atoms with Gasteiger partial charge < -0.3 is 4.42 Å². The highest BCUT2D eigenvalue weighted by Gasteiger charge is 2.08. The number of halogens is 1. The normalized spacial score (nSPS) is 10.3. The first kappa shape index (κ1) is 10.2. The summed E-state index contributed by atoms with van der Waals surface area (Å²) in [5.74, 6) is 1.05. The first-order valence-electron chi connectivity index (χ1n) is 4.53. The van der Waals surface area contributed by atoms with Gasteiger partial charge in [0.1, 0.15) is 5.76 Å². The number of aldehydes is 1. The molecule has 1 heterocycles. The van der Waals surface area contributed by atoms with E-state index in [2.05, 4.69) is 15.9 Å². The van der Waals surface area contributed by atoms with Crippen LogP contribution in [0.1, 0.15) is 16.1 Å². The fraction of sp³-hybridized carbons (Fsp3) is 0.0833. The minimum absolute atomic E-state index is 0.346. The summed E-state index contributed by atoms with van der Waals surface area (Å²) in [4.78, 5) is 10.5. The lowest BCUT2D eigenvalue weighted by atomic mass is 10.1. The summed E-state index contributed by atoms with van der Waals surface area (Å²) >= 11 is 3.50. The van der Waals surface area contributed by atoms with Gasteiger partial charge in [-0.15, -0.1) is 0 Å². The zero-order chi connectivity index (χ0) is 10.8. The zero-order valence-electron chi connectivity index (χ0n) is 8.16. The van der Waals surface area contributed by atoms with Crippen molar-refractivity contribution in [3.8, 4) is 11.3 Å². The molecular formula is C12H9BrO2. The first-order chi connectivity index (χ1) is 7.22. The second-order valence-electron chi connectivity index (χ2n) is 3.26. The van der Waals surface area contributed by atoms with Gasteiger partial charge in [-0.1, -0.05) is 18.2 Å². The lowest BCUT2D eigenvalue weighted by Gasteiger charge is -2.03. The van der Waals surface area contributed by atoms with Gasteiger partial charge in [-0.3, -0.25) is 4.79 Å². The molecule has 0 bridgehead atoms. The Morgan fingerprint density at radius 1 is 1.27 bits per heavy atom. The predicted molar refractivity (Wildman–Crippen MR) is 62.0 cm³/mol. The van der Waals surface area contributed by atoms with Crippen molar-refractivity contribution in [2.24, 2.45) is 0 Å². The topological polar surface area (TPSA) is 30.2 Å². The molecule has 1 aromatic carbocycles. The van der Waals surface area contributed by atoms with E-state index in [-0.39, 0.29) is 0 Å². The Hall–Kier alpha value is -1.35. The van der Waals surface area contributed by atoms with E-state index in [1.165, 1.54) is 0 Å². The molecule has 0 atom stereocenters. The maximum Gasteiger partial charge on any atom is 0.185 e. The molecule has 2 rings (SSSR count). The van der Waals surface area contributed by atoms with Crippen molar-refractivity contribution in [3.05, 3.63) is 46.1 Å². The monoisotopic (exact) mass is 264 g/mol. The molecule has 0 saturated heterocycles. The zero-order valence-corrected chi connectivity index (χ0v) is 9.74. The summed E-state index contributed by atoms with van der Waals surface area (Å²) in [6, 6.07) is 9.38. The maximum absolute atomic E-state index is 10.5. The Kier molecular flexibility index (Phi) is 2.73. The van der Waals surface area contributed by atoms with E-state index >= 15 is 0 Å². The van der Waals surface area contributed by atoms with Crippen molar-refractivity contribution >= 4 is 22.2 Å². The summed E-state index contributed by atoms with van der Waals surface area (Å²) < 4.78 is 6.35. The van der Waals surface area contributed by atoms with Crippen LogP contribution in [0.25, 0.3) is 11.3 Å². The van der Waals surface area contributed by atoms with Crippen LogP contribution in [0.5, 0.6) is 0 Å². The molecule has 0 aliphatic heterocycles. The SMILES string of the molecule is Cc1cccc(-c2ccc(C=O)o2)c1Br. The van der Waals surface area contributed by atoms with Gasteiger partial charge in [-0.2, -0.15) is 0 Å². The van der Waals surface area contributed by atoms with E-state index in [1.54, 1.807) is 12.1 Å². The Morgan fingerprint density at radius 2 is 2.07 bits per heavy atom. The van der Waals surface area contributed by atoms with Crippen molar-refractivity contribution in [3.63, 3.8) is 0 Å². The molecule has 0 fully saturated rings. The van der Waals surface area contributed by atoms with Gasteiger partial charge in [-0.05, 0) is 40.5 Å². The van der Waals surface area contributed by atoms with Crippen LogP contribution in [0.15, 0.2) is 39.2 Å². The van der Waals surface area contributed by atoms with Gasteiger partial charge in [-0.25, -0.2) is 0 Å². The standard InChI is InChI=1S/C12H9BrO2/c1-8-3-2-4-10(12(8)13)11-6-5-9(7-14)15-11/h2-7H,1H3. The Bertz CT molecular complexity index is 500. The number of carbonyl (C=O) groups is 1. The van der Waals surface area contributed by atoms with Crippen LogP contribution in [0.4, 0.5) is 0 Å². The molecule has 0 unspecified atom stereocenters. The molecule has 0 saturated carbocycles. The second-order valence-corrected chi connectivity index (χ2v) is 4.05. The van der Waals surface area contributed by atoms with Crippen molar-refractivity contribution < 1.29 is 9.21 Å². The average molecular weight is 265 g/mol. The molecule has 0 N–H and O–H groups in total. The van der Waals surface area contributed by atoms with Crippen molar-refractivity contribution in [1.82, 2.24) is 0 Å². The van der Waals surface area contributed by atoms with Gasteiger partial charge in [0, 0.05) is 10.0 Å². The lowest BCUT2D eigenvalue weighted by molar-refractivity contribution is 0.110. The average Bonchev–Trinajstić information content (AvgIpc) is 2.70. The van der Waals surface area contributed by atoms with Gasteiger partial charge in [0.2, 0.25) is 0 Å². The second kappa shape index (κ2) is 4.03. The largest absolute Gasteiger partial charge is 0.453 e. The number of benzene rings is 1. The number of aryl methyl sites for hydroxylation is 1. The lowest BCUT2D eigenvalue weighted by Crippen LogP contribution is -1.80. The molecule has 0 amide bonds. The van der Waals surface area contributed by atoms with Crippen molar-refractivity contribution in [2.75, 3.05) is 0 Å². The summed E-state index contributed by atoms with van der Waals surface area (Å²) in [6.45, 7) is 2.01. The Morgan fingerprint density at radius 3 is 2.73 bits per heavy atom. The predicted octanol–water partition coefficient (Wildman–Crippen LogP) is 3.83. The maximum atomic E-state index is 10.5. The van der Waals surface area contributed by atoms with Crippen LogP contribution in [0.2, 0.25) is 0 Å². The number of carbonyl (C=O) groups excluding carboxylic acids is 1. The first-order valence-corrected chi connectivity index (χ1v) is 5.32. The Balaban J connectivity index is 2.53. The highest BCUT2D eigenvalue weighted by Crippen LogP contribution is 2.31. The fourth-order valence-corrected chi connectivity index (χ4v) is 1.86. The van der Waals surface area contributed by atoms with Crippen molar-refractivity contribution in [1.29, 1.82) is 0 Å². The molecule has 1 aromatic heterocycles. The van der Waals surface area contributed by atoms with Gasteiger partial charge in [0.25, 0.3) is 0 Å². The minimum atomic E-state index is 0.346. The van der Waals surface area contributed by atoms with E-state index < -0.39 is 0 Å². The fourth-order valence-electron chi connectivity index (χ4n) is 1.40. The van der Waals surface area contributed by atoms with Gasteiger partial charge in [0.05, 0.1) is 0 Å².